The Morgan fingerprint density at radius 3 is 2.76 bits per heavy atom. The van der Waals surface area contributed by atoms with E-state index in [1.165, 1.54) is 24.8 Å². The van der Waals surface area contributed by atoms with E-state index in [1.807, 2.05) is 0 Å². The summed E-state index contributed by atoms with van der Waals surface area (Å²) in [6.45, 7) is -0.709. The van der Waals surface area contributed by atoms with E-state index in [0.717, 1.165) is 0 Å². The monoisotopic (exact) mass is 503 g/mol. The third kappa shape index (κ3) is 5.18. The zero-order chi connectivity index (χ0) is 23.8. The number of hydrogen-bond donors (Lipinski definition) is 7. The molecule has 0 bridgehead atoms. The standard InChI is InChI=1S/C17H19ClN5O9P/c18-8-1-2-9(31-17-14(26)13(25)10(32-17)4-30-33(27,28)29)7(12(8)24)3-19-15-11-16(21-5-20-11)23-6-22-15/h1-2,5-6,10,13-14,17,24-26H,3-4H2,(H2,27,28,29)(H2,19,20,21,22,23)/t10-,13-,14-,17?/m1/s1. The van der Waals surface area contributed by atoms with Crippen molar-refractivity contribution in [3.8, 4) is 11.5 Å². The number of fused-ring (bicyclic) bond motifs is 1. The molecule has 0 radical (unpaired) electrons. The van der Waals surface area contributed by atoms with Gasteiger partial charge in [-0.2, -0.15) is 0 Å². The molecule has 1 unspecified atom stereocenters. The maximum Gasteiger partial charge on any atom is 0.469 e. The van der Waals surface area contributed by atoms with Crippen molar-refractivity contribution in [3.05, 3.63) is 35.4 Å². The van der Waals surface area contributed by atoms with Crippen LogP contribution in [-0.4, -0.2) is 76.3 Å². The van der Waals surface area contributed by atoms with Crippen LogP contribution in [0.15, 0.2) is 24.8 Å². The lowest BCUT2D eigenvalue weighted by Gasteiger charge is -2.20. The number of H-pyrrole nitrogens is 1. The number of phenols is 1. The maximum atomic E-state index is 10.9. The van der Waals surface area contributed by atoms with E-state index in [4.69, 9.17) is 30.9 Å². The van der Waals surface area contributed by atoms with Crippen LogP contribution < -0.4 is 10.1 Å². The number of halogens is 1. The van der Waals surface area contributed by atoms with Gasteiger partial charge in [-0.1, -0.05) is 11.6 Å². The molecule has 1 aromatic carbocycles. The lowest BCUT2D eigenvalue weighted by molar-refractivity contribution is -0.116. The number of phenolic OH excluding ortho intramolecular Hbond substituents is 1. The van der Waals surface area contributed by atoms with Crippen LogP contribution in [0.1, 0.15) is 5.56 Å². The number of nitrogens with zero attached hydrogens (tertiary/aromatic N) is 3. The number of anilines is 1. The van der Waals surface area contributed by atoms with E-state index in [9.17, 15) is 19.9 Å². The Bertz CT molecular complexity index is 1190. The molecule has 0 aliphatic carbocycles. The Morgan fingerprint density at radius 1 is 1.21 bits per heavy atom. The van der Waals surface area contributed by atoms with Crippen LogP contribution in [0, 0.1) is 0 Å². The summed E-state index contributed by atoms with van der Waals surface area (Å²) >= 11 is 6.03. The van der Waals surface area contributed by atoms with Gasteiger partial charge in [0, 0.05) is 6.54 Å². The Hall–Kier alpha value is -2.55. The van der Waals surface area contributed by atoms with E-state index >= 15 is 0 Å². The summed E-state index contributed by atoms with van der Waals surface area (Å²) in [4.78, 5) is 32.7. The van der Waals surface area contributed by atoms with Crippen LogP contribution in [0.4, 0.5) is 5.82 Å². The molecule has 2 aromatic heterocycles. The highest BCUT2D eigenvalue weighted by atomic mass is 35.5. The summed E-state index contributed by atoms with van der Waals surface area (Å²) in [5.74, 6) is 0.156. The van der Waals surface area contributed by atoms with E-state index in [1.54, 1.807) is 0 Å². The SMILES string of the molecule is O=P(O)(O)OC[C@H]1OC(Oc2ccc(Cl)c(O)c2CNc2ncnc3nc[nH]c23)[C@H](O)[C@@H]1O. The lowest BCUT2D eigenvalue weighted by atomic mass is 10.1. The molecule has 1 aliphatic heterocycles. The zero-order valence-corrected chi connectivity index (χ0v) is 18.2. The third-order valence-corrected chi connectivity index (χ3v) is 5.61. The lowest BCUT2D eigenvalue weighted by Crippen LogP contribution is -2.36. The molecule has 0 amide bonds. The molecule has 1 aliphatic rings. The Kier molecular flexibility index (Phi) is 6.70. The van der Waals surface area contributed by atoms with Gasteiger partial charge in [0.15, 0.2) is 11.5 Å². The smallest absolute Gasteiger partial charge is 0.469 e. The Labute approximate surface area is 190 Å². The molecule has 1 saturated heterocycles. The predicted octanol–water partition coefficient (Wildman–Crippen LogP) is 0.259. The minimum Gasteiger partial charge on any atom is -0.506 e. The first-order valence-corrected chi connectivity index (χ1v) is 11.3. The van der Waals surface area contributed by atoms with Crippen LogP contribution >= 0.6 is 19.4 Å². The molecule has 0 saturated carbocycles. The number of aromatic nitrogens is 4. The van der Waals surface area contributed by atoms with Gasteiger partial charge >= 0.3 is 7.82 Å². The zero-order valence-electron chi connectivity index (χ0n) is 16.6. The number of aliphatic hydroxyl groups excluding tert-OH is 2. The molecule has 7 N–H and O–H groups in total. The quantitative estimate of drug-likeness (QED) is 0.206. The first-order chi connectivity index (χ1) is 15.6. The molecule has 16 heteroatoms. The number of ether oxygens (including phenoxy) is 2. The van der Waals surface area contributed by atoms with Crippen molar-refractivity contribution in [1.82, 2.24) is 19.9 Å². The second-order valence-corrected chi connectivity index (χ2v) is 8.62. The molecule has 4 atom stereocenters. The van der Waals surface area contributed by atoms with Crippen molar-refractivity contribution >= 4 is 36.4 Å². The average Bonchev–Trinajstić information content (AvgIpc) is 3.35. The largest absolute Gasteiger partial charge is 0.506 e. The molecule has 4 rings (SSSR count). The maximum absolute atomic E-state index is 10.9. The molecular formula is C17H19ClN5O9P. The van der Waals surface area contributed by atoms with Crippen molar-refractivity contribution in [2.24, 2.45) is 0 Å². The molecule has 3 aromatic rings. The molecule has 3 heterocycles. The molecule has 0 spiro atoms. The highest BCUT2D eigenvalue weighted by Gasteiger charge is 2.45. The first kappa shape index (κ1) is 23.6. The molecule has 1 fully saturated rings. The number of benzene rings is 1. The fourth-order valence-electron chi connectivity index (χ4n) is 3.19. The van der Waals surface area contributed by atoms with Gasteiger partial charge in [-0.15, -0.1) is 0 Å². The van der Waals surface area contributed by atoms with Crippen LogP contribution in [0.3, 0.4) is 0 Å². The molecule has 14 nitrogen and oxygen atoms in total. The Balaban J connectivity index is 1.52. The summed E-state index contributed by atoms with van der Waals surface area (Å²) in [5, 5.41) is 33.9. The number of imidazole rings is 1. The average molecular weight is 504 g/mol. The number of rotatable bonds is 8. The fourth-order valence-corrected chi connectivity index (χ4v) is 3.71. The number of aliphatic hydroxyl groups is 2. The minimum absolute atomic E-state index is 0.0248. The molecule has 178 valence electrons. The second kappa shape index (κ2) is 9.37. The van der Waals surface area contributed by atoms with Crippen LogP contribution in [-0.2, 0) is 20.4 Å². The summed E-state index contributed by atoms with van der Waals surface area (Å²) in [6, 6.07) is 2.78. The Morgan fingerprint density at radius 2 is 2.00 bits per heavy atom. The van der Waals surface area contributed by atoms with Gasteiger partial charge in [0.25, 0.3) is 0 Å². The molecule has 33 heavy (non-hydrogen) atoms. The number of nitrogens with one attached hydrogen (secondary N) is 2. The van der Waals surface area contributed by atoms with Crippen LogP contribution in [0.25, 0.3) is 11.2 Å². The number of phosphoric ester groups is 1. The summed E-state index contributed by atoms with van der Waals surface area (Å²) < 4.78 is 26.2. The van der Waals surface area contributed by atoms with Gasteiger partial charge in [-0.05, 0) is 12.1 Å². The minimum atomic E-state index is -4.81. The number of phosphoric acid groups is 1. The van der Waals surface area contributed by atoms with Gasteiger partial charge in [-0.3, -0.25) is 4.52 Å². The van der Waals surface area contributed by atoms with Gasteiger partial charge in [-0.25, -0.2) is 19.5 Å². The van der Waals surface area contributed by atoms with Gasteiger partial charge in [0.05, 0.1) is 23.5 Å². The highest BCUT2D eigenvalue weighted by Crippen LogP contribution is 2.39. The van der Waals surface area contributed by atoms with Gasteiger partial charge < -0.3 is 44.9 Å². The van der Waals surface area contributed by atoms with E-state index in [2.05, 4.69) is 29.8 Å². The fraction of sp³-hybridized carbons (Fsp3) is 0.353. The van der Waals surface area contributed by atoms with E-state index in [-0.39, 0.29) is 28.6 Å². The van der Waals surface area contributed by atoms with Crippen molar-refractivity contribution in [3.63, 3.8) is 0 Å². The van der Waals surface area contributed by atoms with Crippen molar-refractivity contribution < 1.29 is 43.7 Å². The van der Waals surface area contributed by atoms with Gasteiger partial charge in [0.1, 0.15) is 41.7 Å². The highest BCUT2D eigenvalue weighted by molar-refractivity contribution is 7.46. The normalized spacial score (nSPS) is 23.2. The molecular weight excluding hydrogens is 485 g/mol. The van der Waals surface area contributed by atoms with Crippen LogP contribution in [0.5, 0.6) is 11.5 Å². The van der Waals surface area contributed by atoms with Gasteiger partial charge in [0.2, 0.25) is 6.29 Å². The van der Waals surface area contributed by atoms with Crippen molar-refractivity contribution in [2.75, 3.05) is 11.9 Å². The second-order valence-electron chi connectivity index (χ2n) is 6.98. The predicted molar refractivity (Wildman–Crippen MR) is 111 cm³/mol. The number of aromatic hydroxyl groups is 1. The van der Waals surface area contributed by atoms with Crippen molar-refractivity contribution in [1.29, 1.82) is 0 Å². The summed E-state index contributed by atoms with van der Waals surface area (Å²) in [6.07, 6.45) is -3.05. The van der Waals surface area contributed by atoms with E-state index in [0.29, 0.717) is 17.0 Å². The number of aromatic amines is 1. The summed E-state index contributed by atoms with van der Waals surface area (Å²) in [7, 11) is -4.81. The topological polar surface area (TPSA) is 212 Å². The summed E-state index contributed by atoms with van der Waals surface area (Å²) in [5.41, 5.74) is 1.15. The first-order valence-electron chi connectivity index (χ1n) is 9.40. The van der Waals surface area contributed by atoms with E-state index < -0.39 is 39.0 Å². The number of hydrogen-bond acceptors (Lipinski definition) is 11. The third-order valence-electron chi connectivity index (χ3n) is 4.81. The van der Waals surface area contributed by atoms with Crippen molar-refractivity contribution in [2.45, 2.75) is 31.1 Å². The van der Waals surface area contributed by atoms with Crippen LogP contribution in [0.2, 0.25) is 5.02 Å².